The van der Waals surface area contributed by atoms with Crippen molar-refractivity contribution in [2.45, 2.75) is 6.36 Å². The highest BCUT2D eigenvalue weighted by Crippen LogP contribution is 2.23. The SMILES string of the molecule is NC(=O)c1cnn(Nc2ccc(OC(F)(F)F)cc2)c1. The Morgan fingerprint density at radius 3 is 2.45 bits per heavy atom. The number of aromatic nitrogens is 2. The average Bonchev–Trinajstić information content (AvgIpc) is 2.78. The highest BCUT2D eigenvalue weighted by Gasteiger charge is 2.30. The summed E-state index contributed by atoms with van der Waals surface area (Å²) in [7, 11) is 0. The second-order valence-electron chi connectivity index (χ2n) is 3.72. The Balaban J connectivity index is 2.04. The van der Waals surface area contributed by atoms with E-state index in [1.165, 1.54) is 29.3 Å². The van der Waals surface area contributed by atoms with Gasteiger partial charge in [0.15, 0.2) is 0 Å². The second kappa shape index (κ2) is 5.11. The zero-order chi connectivity index (χ0) is 14.8. The topological polar surface area (TPSA) is 82.2 Å². The van der Waals surface area contributed by atoms with Crippen LogP contribution in [0.15, 0.2) is 36.7 Å². The van der Waals surface area contributed by atoms with Crippen LogP contribution in [-0.2, 0) is 0 Å². The molecule has 0 bridgehead atoms. The molecule has 20 heavy (non-hydrogen) atoms. The molecule has 2 rings (SSSR count). The summed E-state index contributed by atoms with van der Waals surface area (Å²) < 4.78 is 39.6. The molecule has 0 spiro atoms. The van der Waals surface area contributed by atoms with Crippen LogP contribution >= 0.6 is 0 Å². The minimum atomic E-state index is -4.73. The van der Waals surface area contributed by atoms with Crippen LogP contribution < -0.4 is 15.9 Å². The van der Waals surface area contributed by atoms with Gasteiger partial charge in [0.1, 0.15) is 5.75 Å². The first kappa shape index (κ1) is 13.7. The molecule has 6 nitrogen and oxygen atoms in total. The highest BCUT2D eigenvalue weighted by molar-refractivity contribution is 5.92. The monoisotopic (exact) mass is 286 g/mol. The molecular weight excluding hydrogens is 277 g/mol. The number of nitrogens with zero attached hydrogens (tertiary/aromatic N) is 2. The first-order valence-electron chi connectivity index (χ1n) is 5.31. The van der Waals surface area contributed by atoms with E-state index >= 15 is 0 Å². The van der Waals surface area contributed by atoms with E-state index in [2.05, 4.69) is 15.3 Å². The van der Waals surface area contributed by atoms with Crippen LogP contribution in [0, 0.1) is 0 Å². The van der Waals surface area contributed by atoms with E-state index in [1.54, 1.807) is 0 Å². The molecule has 0 saturated carbocycles. The maximum absolute atomic E-state index is 12.0. The van der Waals surface area contributed by atoms with Crippen molar-refractivity contribution < 1.29 is 22.7 Å². The summed E-state index contributed by atoms with van der Waals surface area (Å²) in [6, 6.07) is 5.03. The predicted molar refractivity (Wildman–Crippen MR) is 62.9 cm³/mol. The summed E-state index contributed by atoms with van der Waals surface area (Å²) in [5, 5.41) is 3.81. The molecule has 0 aliphatic rings. The molecule has 0 radical (unpaired) electrons. The number of hydrogen-bond acceptors (Lipinski definition) is 4. The number of amides is 1. The van der Waals surface area contributed by atoms with Gasteiger partial charge in [0, 0.05) is 0 Å². The first-order chi connectivity index (χ1) is 9.33. The molecule has 0 saturated heterocycles. The fourth-order valence-electron chi connectivity index (χ4n) is 1.37. The molecule has 2 aromatic rings. The van der Waals surface area contributed by atoms with Gasteiger partial charge < -0.3 is 10.5 Å². The lowest BCUT2D eigenvalue weighted by Crippen LogP contribution is -2.17. The number of rotatable bonds is 4. The maximum atomic E-state index is 12.0. The third-order valence-corrected chi connectivity index (χ3v) is 2.20. The molecule has 0 unspecified atom stereocenters. The van der Waals surface area contributed by atoms with Gasteiger partial charge in [-0.1, -0.05) is 0 Å². The van der Waals surface area contributed by atoms with Gasteiger partial charge in [0.05, 0.1) is 23.6 Å². The Hall–Kier alpha value is -2.71. The zero-order valence-electron chi connectivity index (χ0n) is 9.89. The fourth-order valence-corrected chi connectivity index (χ4v) is 1.37. The van der Waals surface area contributed by atoms with Crippen LogP contribution in [-0.4, -0.2) is 22.2 Å². The first-order valence-corrected chi connectivity index (χ1v) is 5.31. The van der Waals surface area contributed by atoms with Crippen molar-refractivity contribution in [3.8, 4) is 5.75 Å². The number of nitrogens with two attached hydrogens (primary N) is 1. The number of carbonyl (C=O) groups excluding carboxylic acids is 1. The van der Waals surface area contributed by atoms with Crippen LogP contribution in [0.4, 0.5) is 18.9 Å². The van der Waals surface area contributed by atoms with Crippen LogP contribution in [0.25, 0.3) is 0 Å². The van der Waals surface area contributed by atoms with Crippen molar-refractivity contribution in [3.63, 3.8) is 0 Å². The Morgan fingerprint density at radius 2 is 1.95 bits per heavy atom. The molecule has 1 aromatic carbocycles. The van der Waals surface area contributed by atoms with Gasteiger partial charge in [-0.3, -0.25) is 10.2 Å². The van der Waals surface area contributed by atoms with E-state index < -0.39 is 12.3 Å². The number of ether oxygens (including phenoxy) is 1. The van der Waals surface area contributed by atoms with Crippen molar-refractivity contribution in [2.75, 3.05) is 5.43 Å². The number of carbonyl (C=O) groups is 1. The van der Waals surface area contributed by atoms with Crippen molar-refractivity contribution in [2.24, 2.45) is 5.73 Å². The minimum Gasteiger partial charge on any atom is -0.406 e. The Labute approximate surface area is 110 Å². The number of halogens is 3. The molecule has 0 atom stereocenters. The van der Waals surface area contributed by atoms with Gasteiger partial charge >= 0.3 is 6.36 Å². The number of benzene rings is 1. The Bertz CT molecular complexity index is 607. The van der Waals surface area contributed by atoms with E-state index in [9.17, 15) is 18.0 Å². The normalized spacial score (nSPS) is 11.2. The molecule has 3 N–H and O–H groups in total. The molecule has 9 heteroatoms. The van der Waals surface area contributed by atoms with E-state index in [0.717, 1.165) is 12.1 Å². The molecule has 1 aromatic heterocycles. The number of hydrogen-bond donors (Lipinski definition) is 2. The van der Waals surface area contributed by atoms with Crippen molar-refractivity contribution in [1.29, 1.82) is 0 Å². The van der Waals surface area contributed by atoms with Gasteiger partial charge in [-0.05, 0) is 24.3 Å². The van der Waals surface area contributed by atoms with Crippen molar-refractivity contribution in [1.82, 2.24) is 9.89 Å². The maximum Gasteiger partial charge on any atom is 0.573 e. The van der Waals surface area contributed by atoms with E-state index in [0.29, 0.717) is 5.69 Å². The number of alkyl halides is 3. The quantitative estimate of drug-likeness (QED) is 0.897. The summed E-state index contributed by atoms with van der Waals surface area (Å²) >= 11 is 0. The minimum absolute atomic E-state index is 0.203. The second-order valence-corrected chi connectivity index (χ2v) is 3.72. The predicted octanol–water partition coefficient (Wildman–Crippen LogP) is 1.76. The lowest BCUT2D eigenvalue weighted by atomic mass is 10.3. The number of anilines is 1. The summed E-state index contributed by atoms with van der Waals surface area (Å²) in [5.41, 5.74) is 8.45. The van der Waals surface area contributed by atoms with Crippen LogP contribution in [0.2, 0.25) is 0 Å². The summed E-state index contributed by atoms with van der Waals surface area (Å²) in [6.07, 6.45) is -2.12. The van der Waals surface area contributed by atoms with Gasteiger partial charge in [-0.2, -0.15) is 9.89 Å². The third kappa shape index (κ3) is 3.64. The molecule has 1 amide bonds. The summed E-state index contributed by atoms with van der Waals surface area (Å²) in [6.45, 7) is 0. The van der Waals surface area contributed by atoms with Gasteiger partial charge in [0.2, 0.25) is 0 Å². The molecule has 106 valence electrons. The van der Waals surface area contributed by atoms with Crippen molar-refractivity contribution in [3.05, 3.63) is 42.2 Å². The largest absolute Gasteiger partial charge is 0.573 e. The Kier molecular flexibility index (Phi) is 3.51. The van der Waals surface area contributed by atoms with Gasteiger partial charge in [0.25, 0.3) is 5.91 Å². The van der Waals surface area contributed by atoms with Crippen LogP contribution in [0.1, 0.15) is 10.4 Å². The van der Waals surface area contributed by atoms with Crippen LogP contribution in [0.5, 0.6) is 5.75 Å². The number of primary amides is 1. The fraction of sp³-hybridized carbons (Fsp3) is 0.0909. The zero-order valence-corrected chi connectivity index (χ0v) is 9.89. The summed E-state index contributed by atoms with van der Waals surface area (Å²) in [4.78, 5) is 12.1. The van der Waals surface area contributed by atoms with Gasteiger partial charge in [-0.15, -0.1) is 13.2 Å². The highest BCUT2D eigenvalue weighted by atomic mass is 19.4. The van der Waals surface area contributed by atoms with E-state index in [4.69, 9.17) is 5.73 Å². The smallest absolute Gasteiger partial charge is 0.406 e. The van der Waals surface area contributed by atoms with E-state index in [1.807, 2.05) is 0 Å². The van der Waals surface area contributed by atoms with Crippen molar-refractivity contribution >= 4 is 11.6 Å². The van der Waals surface area contributed by atoms with E-state index in [-0.39, 0.29) is 11.3 Å². The molecule has 1 heterocycles. The molecular formula is C11H9F3N4O2. The standard InChI is InChI=1S/C11H9F3N4O2/c12-11(13,14)20-9-3-1-8(2-4-9)17-18-6-7(5-16-18)10(15)19/h1-6,17H,(H2,15,19). The summed E-state index contributed by atoms with van der Waals surface area (Å²) in [5.74, 6) is -0.965. The van der Waals surface area contributed by atoms with Gasteiger partial charge in [-0.25, -0.2) is 0 Å². The Morgan fingerprint density at radius 1 is 1.30 bits per heavy atom. The lowest BCUT2D eigenvalue weighted by molar-refractivity contribution is -0.274. The third-order valence-electron chi connectivity index (χ3n) is 2.20. The molecule has 0 aliphatic carbocycles. The average molecular weight is 286 g/mol. The number of nitrogens with one attached hydrogen (secondary N) is 1. The molecule has 0 aliphatic heterocycles. The lowest BCUT2D eigenvalue weighted by Gasteiger charge is -2.10. The van der Waals surface area contributed by atoms with Crippen LogP contribution in [0.3, 0.4) is 0 Å². The molecule has 0 fully saturated rings.